The van der Waals surface area contributed by atoms with E-state index >= 15 is 0 Å². The molecule has 0 radical (unpaired) electrons. The van der Waals surface area contributed by atoms with Crippen molar-refractivity contribution < 1.29 is 9.53 Å². The molecule has 34 heavy (non-hydrogen) atoms. The maximum atomic E-state index is 12.5. The summed E-state index contributed by atoms with van der Waals surface area (Å²) in [6, 6.07) is 26.9. The number of anilines is 1. The molecule has 5 nitrogen and oxygen atoms in total. The number of hydrogen-bond donors (Lipinski definition) is 1. The first-order chi connectivity index (χ1) is 16.7. The van der Waals surface area contributed by atoms with Crippen molar-refractivity contribution in [3.63, 3.8) is 0 Å². The molecule has 0 bridgehead atoms. The first kappa shape index (κ1) is 24.2. The summed E-state index contributed by atoms with van der Waals surface area (Å²) in [5.74, 6) is 1.30. The van der Waals surface area contributed by atoms with Crippen molar-refractivity contribution in [3.8, 4) is 5.75 Å². The number of benzene rings is 3. The van der Waals surface area contributed by atoms with Crippen molar-refractivity contribution in [2.75, 3.05) is 43.4 Å². The number of para-hydroxylation sites is 1. The van der Waals surface area contributed by atoms with Crippen molar-refractivity contribution in [1.82, 2.24) is 10.2 Å². The van der Waals surface area contributed by atoms with Gasteiger partial charge in [0.1, 0.15) is 5.75 Å². The minimum absolute atomic E-state index is 0.0464. The number of carbonyl (C=O) groups is 1. The van der Waals surface area contributed by atoms with Gasteiger partial charge < -0.3 is 15.0 Å². The molecule has 4 rings (SSSR count). The summed E-state index contributed by atoms with van der Waals surface area (Å²) in [6.45, 7) is 8.23. The first-order valence-corrected chi connectivity index (χ1v) is 12.9. The molecule has 6 heteroatoms. The Morgan fingerprint density at radius 2 is 1.56 bits per heavy atom. The fraction of sp³-hybridized carbons (Fsp3) is 0.321. The van der Waals surface area contributed by atoms with Crippen LogP contribution in [0.3, 0.4) is 0 Å². The molecular formula is C28H33N3O2S. The monoisotopic (exact) mass is 475 g/mol. The molecule has 0 unspecified atom stereocenters. The maximum absolute atomic E-state index is 12.5. The Hall–Kier alpha value is -2.96. The lowest BCUT2D eigenvalue weighted by Crippen LogP contribution is -2.46. The summed E-state index contributed by atoms with van der Waals surface area (Å²) in [4.78, 5) is 18.5. The molecule has 1 amide bonds. The summed E-state index contributed by atoms with van der Waals surface area (Å²) in [5, 5.41) is 3.10. The van der Waals surface area contributed by atoms with Crippen molar-refractivity contribution >= 4 is 23.4 Å². The van der Waals surface area contributed by atoms with Gasteiger partial charge in [-0.15, -0.1) is 11.8 Å². The topological polar surface area (TPSA) is 44.8 Å². The third-order valence-corrected chi connectivity index (χ3v) is 7.00. The first-order valence-electron chi connectivity index (χ1n) is 11.9. The van der Waals surface area contributed by atoms with Crippen LogP contribution < -0.4 is 15.0 Å². The highest BCUT2D eigenvalue weighted by atomic mass is 32.2. The average molecular weight is 476 g/mol. The number of hydrogen-bond acceptors (Lipinski definition) is 5. The number of piperazine rings is 1. The Bertz CT molecular complexity index is 1040. The van der Waals surface area contributed by atoms with Gasteiger partial charge in [0.05, 0.1) is 12.4 Å². The molecule has 1 saturated heterocycles. The molecule has 0 aliphatic carbocycles. The number of ether oxygens (including phenoxy) is 1. The number of nitrogens with one attached hydrogen (secondary N) is 1. The Kier molecular flexibility index (Phi) is 8.88. The summed E-state index contributed by atoms with van der Waals surface area (Å²) >= 11 is 1.54. The van der Waals surface area contributed by atoms with Gasteiger partial charge >= 0.3 is 0 Å². The summed E-state index contributed by atoms with van der Waals surface area (Å²) in [5.41, 5.74) is 3.77. The van der Waals surface area contributed by atoms with E-state index in [4.69, 9.17) is 4.74 Å². The Balaban J connectivity index is 1.23. The van der Waals surface area contributed by atoms with Gasteiger partial charge in [0.25, 0.3) is 0 Å². The SMILES string of the molecule is CCOc1ccc(SCC(=O)NCc2ccccc2CN2CCN(c3ccccc3)CC2)cc1. The maximum Gasteiger partial charge on any atom is 0.230 e. The predicted molar refractivity (Wildman–Crippen MR) is 141 cm³/mol. The molecule has 0 atom stereocenters. The fourth-order valence-electron chi connectivity index (χ4n) is 4.12. The van der Waals surface area contributed by atoms with Crippen LogP contribution in [0.15, 0.2) is 83.8 Å². The Morgan fingerprint density at radius 3 is 2.26 bits per heavy atom. The standard InChI is InChI=1S/C28H33N3O2S/c1-2-33-26-12-14-27(15-13-26)34-22-28(32)29-20-23-8-6-7-9-24(23)21-30-16-18-31(19-17-30)25-10-4-3-5-11-25/h3-15H,2,16-22H2,1H3,(H,29,32). The molecule has 0 spiro atoms. The molecule has 1 N–H and O–H groups in total. The molecule has 1 fully saturated rings. The van der Waals surface area contributed by atoms with Gasteiger partial charge in [0.2, 0.25) is 5.91 Å². The van der Waals surface area contributed by atoms with E-state index < -0.39 is 0 Å². The van der Waals surface area contributed by atoms with Crippen LogP contribution in [-0.2, 0) is 17.9 Å². The van der Waals surface area contributed by atoms with Crippen LogP contribution >= 0.6 is 11.8 Å². The third kappa shape index (κ3) is 7.02. The predicted octanol–water partition coefficient (Wildman–Crippen LogP) is 4.82. The molecule has 1 aliphatic rings. The highest BCUT2D eigenvalue weighted by Gasteiger charge is 2.18. The van der Waals surface area contributed by atoms with Crippen molar-refractivity contribution in [2.24, 2.45) is 0 Å². The van der Waals surface area contributed by atoms with Gasteiger partial charge in [-0.3, -0.25) is 9.69 Å². The lowest BCUT2D eigenvalue weighted by Gasteiger charge is -2.36. The lowest BCUT2D eigenvalue weighted by molar-refractivity contribution is -0.118. The van der Waals surface area contributed by atoms with Crippen molar-refractivity contribution in [2.45, 2.75) is 24.9 Å². The van der Waals surface area contributed by atoms with Crippen LogP contribution in [0.5, 0.6) is 5.75 Å². The number of nitrogens with zero attached hydrogens (tertiary/aromatic N) is 2. The minimum atomic E-state index is 0.0464. The molecular weight excluding hydrogens is 442 g/mol. The van der Waals surface area contributed by atoms with Gasteiger partial charge in [0, 0.05) is 49.9 Å². The van der Waals surface area contributed by atoms with Gasteiger partial charge in [-0.2, -0.15) is 0 Å². The van der Waals surface area contributed by atoms with Crippen LogP contribution in [0, 0.1) is 0 Å². The summed E-state index contributed by atoms with van der Waals surface area (Å²) in [7, 11) is 0. The summed E-state index contributed by atoms with van der Waals surface area (Å²) < 4.78 is 5.47. The van der Waals surface area contributed by atoms with E-state index in [0.29, 0.717) is 18.9 Å². The molecule has 1 aliphatic heterocycles. The molecule has 3 aromatic rings. The van der Waals surface area contributed by atoms with E-state index in [1.807, 2.05) is 37.3 Å². The van der Waals surface area contributed by atoms with E-state index in [-0.39, 0.29) is 5.91 Å². The second-order valence-electron chi connectivity index (χ2n) is 8.34. The number of carbonyl (C=O) groups excluding carboxylic acids is 1. The quantitative estimate of drug-likeness (QED) is 0.426. The zero-order valence-corrected chi connectivity index (χ0v) is 20.6. The Morgan fingerprint density at radius 1 is 0.882 bits per heavy atom. The summed E-state index contributed by atoms with van der Waals surface area (Å²) in [6.07, 6.45) is 0. The smallest absolute Gasteiger partial charge is 0.230 e. The number of thioether (sulfide) groups is 1. The highest BCUT2D eigenvalue weighted by Crippen LogP contribution is 2.22. The minimum Gasteiger partial charge on any atom is -0.494 e. The molecule has 3 aromatic carbocycles. The number of rotatable bonds is 10. The molecule has 1 heterocycles. The zero-order valence-electron chi connectivity index (χ0n) is 19.8. The van der Waals surface area contributed by atoms with Crippen molar-refractivity contribution in [1.29, 1.82) is 0 Å². The lowest BCUT2D eigenvalue weighted by atomic mass is 10.1. The third-order valence-electron chi connectivity index (χ3n) is 5.99. The fourth-order valence-corrected chi connectivity index (χ4v) is 4.85. The highest BCUT2D eigenvalue weighted by molar-refractivity contribution is 8.00. The van der Waals surface area contributed by atoms with Gasteiger partial charge in [0.15, 0.2) is 0 Å². The second-order valence-corrected chi connectivity index (χ2v) is 9.39. The van der Waals surface area contributed by atoms with E-state index in [0.717, 1.165) is 43.4 Å². The molecule has 178 valence electrons. The Labute approximate surface area is 207 Å². The normalized spacial score (nSPS) is 14.1. The van der Waals surface area contributed by atoms with Crippen LogP contribution in [0.25, 0.3) is 0 Å². The van der Waals surface area contributed by atoms with E-state index in [9.17, 15) is 4.79 Å². The van der Waals surface area contributed by atoms with Crippen LogP contribution in [0.2, 0.25) is 0 Å². The van der Waals surface area contributed by atoms with Crippen LogP contribution in [0.4, 0.5) is 5.69 Å². The van der Waals surface area contributed by atoms with E-state index in [2.05, 4.69) is 63.6 Å². The number of amides is 1. The largest absolute Gasteiger partial charge is 0.494 e. The van der Waals surface area contributed by atoms with Gasteiger partial charge in [-0.25, -0.2) is 0 Å². The van der Waals surface area contributed by atoms with Gasteiger partial charge in [-0.1, -0.05) is 42.5 Å². The van der Waals surface area contributed by atoms with Gasteiger partial charge in [-0.05, 0) is 54.4 Å². The molecule has 0 aromatic heterocycles. The van der Waals surface area contributed by atoms with Crippen LogP contribution in [0.1, 0.15) is 18.1 Å². The second kappa shape index (κ2) is 12.5. The van der Waals surface area contributed by atoms with E-state index in [1.165, 1.54) is 16.8 Å². The van der Waals surface area contributed by atoms with Crippen LogP contribution in [-0.4, -0.2) is 49.3 Å². The van der Waals surface area contributed by atoms with E-state index in [1.54, 1.807) is 11.8 Å². The molecule has 0 saturated carbocycles. The average Bonchev–Trinajstić information content (AvgIpc) is 2.89. The van der Waals surface area contributed by atoms with Crippen molar-refractivity contribution in [3.05, 3.63) is 90.0 Å². The zero-order chi connectivity index (χ0) is 23.6.